The van der Waals surface area contributed by atoms with Crippen molar-refractivity contribution in [2.24, 2.45) is 0 Å². The highest BCUT2D eigenvalue weighted by molar-refractivity contribution is 9.10. The normalized spacial score (nSPS) is 13.1. The summed E-state index contributed by atoms with van der Waals surface area (Å²) in [7, 11) is -3.78. The molecule has 1 aliphatic rings. The van der Waals surface area contributed by atoms with Gasteiger partial charge >= 0.3 is 0 Å². The van der Waals surface area contributed by atoms with E-state index in [1.807, 2.05) is 19.1 Å². The highest BCUT2D eigenvalue weighted by atomic mass is 79.9. The molecule has 0 radical (unpaired) electrons. The number of halogens is 1. The minimum absolute atomic E-state index is 0.0706. The van der Waals surface area contributed by atoms with Gasteiger partial charge in [-0.05, 0) is 77.3 Å². The Morgan fingerprint density at radius 2 is 1.96 bits per heavy atom. The number of rotatable bonds is 6. The van der Waals surface area contributed by atoms with Gasteiger partial charge in [-0.25, -0.2) is 13.1 Å². The first-order valence-electron chi connectivity index (χ1n) is 8.45. The van der Waals surface area contributed by atoms with Crippen LogP contribution in [-0.2, 0) is 22.9 Å². The Kier molecular flexibility index (Phi) is 5.11. The summed E-state index contributed by atoms with van der Waals surface area (Å²) in [5.41, 5.74) is 2.76. The average molecular weight is 485 g/mol. The van der Waals surface area contributed by atoms with Crippen LogP contribution >= 0.6 is 27.3 Å². The Labute approximate surface area is 174 Å². The summed E-state index contributed by atoms with van der Waals surface area (Å²) in [6.45, 7) is 3.96. The first-order chi connectivity index (χ1) is 13.3. The second kappa shape index (κ2) is 7.41. The van der Waals surface area contributed by atoms with E-state index in [9.17, 15) is 8.42 Å². The van der Waals surface area contributed by atoms with Gasteiger partial charge in [0.05, 0.1) is 5.69 Å². The molecule has 1 N–H and O–H groups in total. The zero-order valence-electron chi connectivity index (χ0n) is 15.1. The van der Waals surface area contributed by atoms with Gasteiger partial charge < -0.3 is 14.0 Å². The van der Waals surface area contributed by atoms with E-state index in [4.69, 9.17) is 14.0 Å². The number of aryl methyl sites for hydroxylation is 4. The molecule has 2 aromatic heterocycles. The van der Waals surface area contributed by atoms with E-state index in [0.29, 0.717) is 23.0 Å². The molecular weight excluding hydrogens is 468 g/mol. The number of anilines is 1. The molecule has 28 heavy (non-hydrogen) atoms. The summed E-state index contributed by atoms with van der Waals surface area (Å²) in [5, 5.41) is 5.52. The van der Waals surface area contributed by atoms with Crippen LogP contribution in [0.1, 0.15) is 21.7 Å². The van der Waals surface area contributed by atoms with Crippen molar-refractivity contribution in [3.05, 3.63) is 49.7 Å². The maximum Gasteiger partial charge on any atom is 0.265 e. The van der Waals surface area contributed by atoms with Crippen molar-refractivity contribution in [1.82, 2.24) is 5.16 Å². The minimum Gasteiger partial charge on any atom is -0.454 e. The SMILES string of the molecule is Cc1cc2c(cc1CCc1sccc1S(=O)(=O)Nc1onc(C)c1Br)OCO2. The van der Waals surface area contributed by atoms with Gasteiger partial charge in [-0.15, -0.1) is 11.3 Å². The molecule has 0 fully saturated rings. The fourth-order valence-corrected chi connectivity index (χ4v) is 5.80. The lowest BCUT2D eigenvalue weighted by molar-refractivity contribution is 0.174. The van der Waals surface area contributed by atoms with Crippen molar-refractivity contribution in [2.75, 3.05) is 11.5 Å². The molecule has 4 rings (SSSR count). The summed E-state index contributed by atoms with van der Waals surface area (Å²) in [6, 6.07) is 5.52. The standard InChI is InChI=1S/C18H17BrN2O5S2/c1-10-7-13-14(25-9-24-13)8-12(10)3-4-15-16(5-6-27-15)28(22,23)21-18-17(19)11(2)20-26-18/h5-8,21H,3-4,9H2,1-2H3. The Balaban J connectivity index is 1.54. The third-order valence-corrected chi connectivity index (χ3v) is 7.92. The number of hydrogen-bond donors (Lipinski definition) is 1. The van der Waals surface area contributed by atoms with E-state index >= 15 is 0 Å². The van der Waals surface area contributed by atoms with E-state index < -0.39 is 10.0 Å². The molecule has 0 spiro atoms. The number of thiophene rings is 1. The molecule has 1 aromatic carbocycles. The van der Waals surface area contributed by atoms with Gasteiger partial charge in [-0.2, -0.15) is 0 Å². The van der Waals surface area contributed by atoms with Crippen LogP contribution in [0.15, 0.2) is 37.5 Å². The number of aromatic nitrogens is 1. The van der Waals surface area contributed by atoms with Crippen LogP contribution < -0.4 is 14.2 Å². The number of nitrogens with zero attached hydrogens (tertiary/aromatic N) is 1. The van der Waals surface area contributed by atoms with Gasteiger partial charge in [0.2, 0.25) is 6.79 Å². The van der Waals surface area contributed by atoms with Crippen molar-refractivity contribution < 1.29 is 22.4 Å². The maximum absolute atomic E-state index is 12.8. The van der Waals surface area contributed by atoms with Crippen LogP contribution in [0.25, 0.3) is 0 Å². The van der Waals surface area contributed by atoms with E-state index in [1.165, 1.54) is 11.3 Å². The number of ether oxygens (including phenoxy) is 2. The summed E-state index contributed by atoms with van der Waals surface area (Å²) < 4.78 is 44.5. The molecule has 0 atom stereocenters. The van der Waals surface area contributed by atoms with Crippen molar-refractivity contribution in [3.8, 4) is 11.5 Å². The quantitative estimate of drug-likeness (QED) is 0.556. The van der Waals surface area contributed by atoms with Gasteiger partial charge in [0.1, 0.15) is 9.37 Å². The predicted molar refractivity (Wildman–Crippen MR) is 109 cm³/mol. The molecule has 3 aromatic rings. The molecule has 0 saturated carbocycles. The van der Waals surface area contributed by atoms with Crippen LogP contribution in [0.5, 0.6) is 11.5 Å². The number of benzene rings is 1. The van der Waals surface area contributed by atoms with Crippen molar-refractivity contribution in [1.29, 1.82) is 0 Å². The van der Waals surface area contributed by atoms with Crippen LogP contribution in [0.3, 0.4) is 0 Å². The molecule has 0 amide bonds. The van der Waals surface area contributed by atoms with Crippen LogP contribution in [-0.4, -0.2) is 20.4 Å². The molecule has 0 unspecified atom stereocenters. The smallest absolute Gasteiger partial charge is 0.265 e. The van der Waals surface area contributed by atoms with Crippen LogP contribution in [0, 0.1) is 13.8 Å². The second-order valence-corrected chi connectivity index (χ2v) is 9.80. The number of hydrogen-bond acceptors (Lipinski definition) is 7. The zero-order valence-corrected chi connectivity index (χ0v) is 18.3. The first kappa shape index (κ1) is 19.3. The Morgan fingerprint density at radius 3 is 2.68 bits per heavy atom. The van der Waals surface area contributed by atoms with Crippen LogP contribution in [0.4, 0.5) is 5.88 Å². The average Bonchev–Trinajstić information content (AvgIpc) is 3.36. The molecule has 10 heteroatoms. The summed E-state index contributed by atoms with van der Waals surface area (Å²) in [6.07, 6.45) is 1.28. The highest BCUT2D eigenvalue weighted by Gasteiger charge is 2.24. The van der Waals surface area contributed by atoms with Gasteiger partial charge in [0.15, 0.2) is 11.5 Å². The lowest BCUT2D eigenvalue weighted by Crippen LogP contribution is -2.14. The monoisotopic (exact) mass is 484 g/mol. The molecular formula is C18H17BrN2O5S2. The topological polar surface area (TPSA) is 90.7 Å². The van der Waals surface area contributed by atoms with Gasteiger partial charge in [0, 0.05) is 4.88 Å². The largest absolute Gasteiger partial charge is 0.454 e. The predicted octanol–water partition coefficient (Wildman–Crippen LogP) is 4.43. The molecule has 0 aliphatic carbocycles. The maximum atomic E-state index is 12.8. The Bertz CT molecular complexity index is 1140. The summed E-state index contributed by atoms with van der Waals surface area (Å²) in [5.74, 6) is 1.55. The summed E-state index contributed by atoms with van der Waals surface area (Å²) >= 11 is 4.69. The molecule has 1 aliphatic heterocycles. The summed E-state index contributed by atoms with van der Waals surface area (Å²) in [4.78, 5) is 1.02. The Hall–Kier alpha value is -2.04. The number of sulfonamides is 1. The third-order valence-electron chi connectivity index (χ3n) is 4.46. The molecule has 0 saturated heterocycles. The van der Waals surface area contributed by atoms with Crippen molar-refractivity contribution >= 4 is 43.2 Å². The lowest BCUT2D eigenvalue weighted by atomic mass is 10.0. The highest BCUT2D eigenvalue weighted by Crippen LogP contribution is 2.36. The fraction of sp³-hybridized carbons (Fsp3) is 0.278. The van der Waals surface area contributed by atoms with E-state index in [-0.39, 0.29) is 17.6 Å². The Morgan fingerprint density at radius 1 is 1.21 bits per heavy atom. The third kappa shape index (κ3) is 3.63. The number of fused-ring (bicyclic) bond motifs is 1. The van der Waals surface area contributed by atoms with Gasteiger partial charge in [-0.3, -0.25) is 0 Å². The minimum atomic E-state index is -3.78. The molecule has 0 bridgehead atoms. The van der Waals surface area contributed by atoms with Crippen molar-refractivity contribution in [2.45, 2.75) is 31.6 Å². The fourth-order valence-electron chi connectivity index (χ4n) is 2.95. The zero-order chi connectivity index (χ0) is 19.9. The van der Waals surface area contributed by atoms with Crippen LogP contribution in [0.2, 0.25) is 0 Å². The van der Waals surface area contributed by atoms with E-state index in [1.54, 1.807) is 18.4 Å². The van der Waals surface area contributed by atoms with E-state index in [2.05, 4.69) is 25.8 Å². The number of nitrogens with one attached hydrogen (secondary N) is 1. The first-order valence-corrected chi connectivity index (χ1v) is 11.6. The molecule has 148 valence electrons. The van der Waals surface area contributed by atoms with Gasteiger partial charge in [-0.1, -0.05) is 5.16 Å². The molecule has 7 nitrogen and oxygen atoms in total. The van der Waals surface area contributed by atoms with Gasteiger partial charge in [0.25, 0.3) is 15.9 Å². The second-order valence-electron chi connectivity index (χ2n) is 6.36. The molecule has 3 heterocycles. The lowest BCUT2D eigenvalue weighted by Gasteiger charge is -2.09. The van der Waals surface area contributed by atoms with E-state index in [0.717, 1.165) is 27.5 Å². The van der Waals surface area contributed by atoms with Crippen molar-refractivity contribution in [3.63, 3.8) is 0 Å².